The summed E-state index contributed by atoms with van der Waals surface area (Å²) in [7, 11) is -3.69. The van der Waals surface area contributed by atoms with Crippen LogP contribution in [0.5, 0.6) is 0 Å². The summed E-state index contributed by atoms with van der Waals surface area (Å²) in [6.45, 7) is 3.80. The van der Waals surface area contributed by atoms with Crippen molar-refractivity contribution in [2.24, 2.45) is 5.14 Å². The average Bonchev–Trinajstić information content (AvgIpc) is 3.43. The van der Waals surface area contributed by atoms with Crippen LogP contribution in [0.1, 0.15) is 81.0 Å². The Labute approximate surface area is 238 Å². The van der Waals surface area contributed by atoms with Gasteiger partial charge in [0, 0.05) is 37.2 Å². The zero-order valence-electron chi connectivity index (χ0n) is 23.2. The van der Waals surface area contributed by atoms with Crippen molar-refractivity contribution in [2.45, 2.75) is 88.6 Å². The number of hydrogen-bond acceptors (Lipinski definition) is 3. The molecule has 9 heteroatoms. The highest BCUT2D eigenvalue weighted by Crippen LogP contribution is 2.34. The lowest BCUT2D eigenvalue weighted by Crippen LogP contribution is -2.62. The van der Waals surface area contributed by atoms with Crippen LogP contribution in [0.25, 0.3) is 0 Å². The fraction of sp³-hybridized carbons (Fsp3) is 0.452. The SMILES string of the molecule is NS(=O)(=O)c1ccc(CNC(=O)CCCCCCCCCC[N+]23Cc4cccc[n+]4C2[n+]2ccccc2C3)cc1. The van der Waals surface area contributed by atoms with Gasteiger partial charge in [-0.25, -0.2) is 13.6 Å². The number of pyridine rings is 2. The molecule has 3 aromatic rings. The zero-order chi connectivity index (χ0) is 28.0. The van der Waals surface area contributed by atoms with E-state index in [4.69, 9.17) is 5.14 Å². The maximum atomic E-state index is 12.1. The van der Waals surface area contributed by atoms with Crippen molar-refractivity contribution in [3.8, 4) is 0 Å². The van der Waals surface area contributed by atoms with E-state index in [1.54, 1.807) is 12.1 Å². The normalized spacial score (nSPS) is 19.2. The van der Waals surface area contributed by atoms with E-state index in [0.29, 0.717) is 19.3 Å². The van der Waals surface area contributed by atoms with Crippen LogP contribution < -0.4 is 19.6 Å². The molecule has 2 aliphatic heterocycles. The minimum Gasteiger partial charge on any atom is -0.352 e. The summed E-state index contributed by atoms with van der Waals surface area (Å²) in [5, 5.41) is 8.03. The Bertz CT molecular complexity index is 1380. The third-order valence-corrected chi connectivity index (χ3v) is 9.33. The first-order valence-electron chi connectivity index (χ1n) is 14.6. The molecule has 0 spiro atoms. The molecule has 0 unspecified atom stereocenters. The van der Waals surface area contributed by atoms with Gasteiger partial charge in [0.25, 0.3) is 0 Å². The molecule has 1 aromatic carbocycles. The lowest BCUT2D eigenvalue weighted by Gasteiger charge is -2.24. The standard InChI is InChI=1S/C31H41N5O3S/c32-40(38,39)29-18-16-26(17-19-29)23-33-30(37)15-7-5-3-1-2-4-6-12-22-36-24-27-13-8-10-20-34(27)31(36)35-21-11-9-14-28(35)25-36/h8-11,13-14,16-21,31H,1-7,12,15,22-25H2,(H2-,32,33,37,38,39)/q+2/p+1. The summed E-state index contributed by atoms with van der Waals surface area (Å²) in [6.07, 6.45) is 14.8. The molecular formula is C31H42N5O3S+3. The fourth-order valence-corrected chi connectivity index (χ4v) is 6.88. The lowest BCUT2D eigenvalue weighted by molar-refractivity contribution is -1.16. The predicted molar refractivity (Wildman–Crippen MR) is 151 cm³/mol. The molecule has 3 N–H and O–H groups in total. The Morgan fingerprint density at radius 2 is 1.35 bits per heavy atom. The number of sulfonamides is 1. The zero-order valence-corrected chi connectivity index (χ0v) is 24.1. The number of quaternary nitrogens is 1. The van der Waals surface area contributed by atoms with Crippen LogP contribution in [0, 0.1) is 0 Å². The molecule has 0 aliphatic carbocycles. The second kappa shape index (κ2) is 12.6. The number of amides is 1. The summed E-state index contributed by atoms with van der Waals surface area (Å²) in [5.41, 5.74) is 3.71. The smallest absolute Gasteiger partial charge is 0.352 e. The van der Waals surface area contributed by atoms with Gasteiger partial charge in [0.05, 0.1) is 11.4 Å². The van der Waals surface area contributed by atoms with Crippen LogP contribution in [0.4, 0.5) is 0 Å². The first-order valence-corrected chi connectivity index (χ1v) is 16.1. The number of unbranched alkanes of at least 4 members (excludes halogenated alkanes) is 7. The Balaban J connectivity index is 0.940. The molecule has 1 amide bonds. The molecule has 40 heavy (non-hydrogen) atoms. The average molecular weight is 565 g/mol. The van der Waals surface area contributed by atoms with E-state index in [0.717, 1.165) is 36.0 Å². The minimum absolute atomic E-state index is 0.0331. The highest BCUT2D eigenvalue weighted by Gasteiger charge is 2.63. The van der Waals surface area contributed by atoms with Gasteiger partial charge in [-0.1, -0.05) is 53.4 Å². The molecule has 212 valence electrons. The van der Waals surface area contributed by atoms with E-state index in [9.17, 15) is 13.2 Å². The van der Waals surface area contributed by atoms with Gasteiger partial charge in [-0.15, -0.1) is 0 Å². The maximum Gasteiger partial charge on any atom is 0.484 e. The van der Waals surface area contributed by atoms with Crippen LogP contribution in [0.3, 0.4) is 0 Å². The molecule has 2 aliphatic rings. The number of aromatic nitrogens is 2. The molecule has 0 fully saturated rings. The number of carbonyl (C=O) groups is 1. The summed E-state index contributed by atoms with van der Waals surface area (Å²) < 4.78 is 28.7. The van der Waals surface area contributed by atoms with Crippen LogP contribution >= 0.6 is 0 Å². The van der Waals surface area contributed by atoms with E-state index in [2.05, 4.69) is 63.2 Å². The second-order valence-electron chi connectivity index (χ2n) is 11.3. The van der Waals surface area contributed by atoms with E-state index >= 15 is 0 Å². The monoisotopic (exact) mass is 564 g/mol. The minimum atomic E-state index is -3.69. The Morgan fingerprint density at radius 1 is 0.800 bits per heavy atom. The van der Waals surface area contributed by atoms with Gasteiger partial charge in [0.1, 0.15) is 0 Å². The van der Waals surface area contributed by atoms with Crippen molar-refractivity contribution in [1.82, 2.24) is 5.32 Å². The van der Waals surface area contributed by atoms with Crippen molar-refractivity contribution in [3.63, 3.8) is 0 Å². The Morgan fingerprint density at radius 3 is 1.93 bits per heavy atom. The van der Waals surface area contributed by atoms with Gasteiger partial charge in [-0.05, 0) is 49.1 Å². The molecule has 0 saturated carbocycles. The van der Waals surface area contributed by atoms with Gasteiger partial charge in [-0.2, -0.15) is 4.48 Å². The molecule has 2 aromatic heterocycles. The van der Waals surface area contributed by atoms with Crippen LogP contribution in [-0.4, -0.2) is 25.4 Å². The van der Waals surface area contributed by atoms with Gasteiger partial charge < -0.3 is 5.32 Å². The van der Waals surface area contributed by atoms with Crippen molar-refractivity contribution < 1.29 is 26.8 Å². The van der Waals surface area contributed by atoms with E-state index < -0.39 is 10.0 Å². The van der Waals surface area contributed by atoms with Crippen LogP contribution in [0.15, 0.2) is 78.0 Å². The van der Waals surface area contributed by atoms with Gasteiger partial charge in [-0.3, -0.25) is 4.79 Å². The molecule has 0 radical (unpaired) electrons. The number of nitrogens with zero attached hydrogens (tertiary/aromatic N) is 3. The topological polar surface area (TPSA) is 97.0 Å². The number of fused-ring (bicyclic) bond motifs is 5. The van der Waals surface area contributed by atoms with Gasteiger partial charge >= 0.3 is 6.29 Å². The first kappa shape index (κ1) is 28.4. The van der Waals surface area contributed by atoms with Crippen molar-refractivity contribution >= 4 is 15.9 Å². The second-order valence-corrected chi connectivity index (χ2v) is 12.9. The lowest BCUT2D eigenvalue weighted by atomic mass is 10.1. The molecule has 5 rings (SSSR count). The molecule has 0 atom stereocenters. The highest BCUT2D eigenvalue weighted by molar-refractivity contribution is 7.89. The Kier molecular flexibility index (Phi) is 8.93. The Hall–Kier alpha value is -3.14. The predicted octanol–water partition coefficient (Wildman–Crippen LogP) is 3.58. The quantitative estimate of drug-likeness (QED) is 0.178. The maximum absolute atomic E-state index is 12.1. The number of hydrogen-bond donors (Lipinski definition) is 2. The third kappa shape index (κ3) is 6.59. The van der Waals surface area contributed by atoms with E-state index in [-0.39, 0.29) is 10.8 Å². The number of benzene rings is 1. The van der Waals surface area contributed by atoms with Crippen LogP contribution in [-0.2, 0) is 34.5 Å². The largest absolute Gasteiger partial charge is 0.484 e. The number of carbonyl (C=O) groups excluding carboxylic acids is 1. The number of rotatable bonds is 14. The molecular weight excluding hydrogens is 522 g/mol. The summed E-state index contributed by atoms with van der Waals surface area (Å²) >= 11 is 0. The van der Waals surface area contributed by atoms with Crippen LogP contribution in [0.2, 0.25) is 0 Å². The molecule has 0 saturated heterocycles. The third-order valence-electron chi connectivity index (χ3n) is 8.40. The van der Waals surface area contributed by atoms with E-state index in [1.165, 1.54) is 68.6 Å². The number of primary sulfonamides is 1. The van der Waals surface area contributed by atoms with Crippen molar-refractivity contribution in [1.29, 1.82) is 0 Å². The molecule has 4 heterocycles. The van der Waals surface area contributed by atoms with Gasteiger partial charge in [0.15, 0.2) is 25.5 Å². The summed E-state index contributed by atoms with van der Waals surface area (Å²) in [4.78, 5) is 12.2. The molecule has 8 nitrogen and oxygen atoms in total. The summed E-state index contributed by atoms with van der Waals surface area (Å²) in [6, 6.07) is 19.5. The van der Waals surface area contributed by atoms with Crippen molar-refractivity contribution in [3.05, 3.63) is 90.0 Å². The fourth-order valence-electron chi connectivity index (χ4n) is 6.36. The number of nitrogens with one attached hydrogen (secondary N) is 1. The van der Waals surface area contributed by atoms with Crippen molar-refractivity contribution in [2.75, 3.05) is 6.54 Å². The first-order chi connectivity index (χ1) is 19.4. The highest BCUT2D eigenvalue weighted by atomic mass is 32.2. The number of nitrogens with two attached hydrogens (primary N) is 1. The molecule has 0 bridgehead atoms. The summed E-state index contributed by atoms with van der Waals surface area (Å²) in [5.74, 6) is 0.0331. The van der Waals surface area contributed by atoms with E-state index in [1.807, 2.05) is 0 Å². The van der Waals surface area contributed by atoms with Gasteiger partial charge in [0.2, 0.25) is 27.3 Å².